The van der Waals surface area contributed by atoms with Crippen molar-refractivity contribution in [3.8, 4) is 55.6 Å². The van der Waals surface area contributed by atoms with E-state index in [0.717, 1.165) is 29.9 Å². The van der Waals surface area contributed by atoms with Crippen LogP contribution in [0.15, 0.2) is 273 Å². The van der Waals surface area contributed by atoms with Crippen LogP contribution in [0.2, 0.25) is 0 Å². The molecule has 0 saturated carbocycles. The molecular formula is C71H54N2. The summed E-state index contributed by atoms with van der Waals surface area (Å²) in [5.74, 6) is 0.890. The lowest BCUT2D eigenvalue weighted by atomic mass is 9.91. The molecule has 13 rings (SSSR count). The molecule has 0 radical (unpaired) electrons. The Hall–Kier alpha value is -8.98. The summed E-state index contributed by atoms with van der Waals surface area (Å²) in [6.07, 6.45) is 17.8. The van der Waals surface area contributed by atoms with Crippen LogP contribution in [-0.4, -0.2) is 4.57 Å². The van der Waals surface area contributed by atoms with Gasteiger partial charge in [-0.05, 0) is 158 Å². The second-order valence-electron chi connectivity index (χ2n) is 19.7. The monoisotopic (exact) mass is 934 g/mol. The van der Waals surface area contributed by atoms with Gasteiger partial charge in [0.25, 0.3) is 0 Å². The minimum atomic E-state index is 0.427. The molecule has 0 spiro atoms. The quantitative estimate of drug-likeness (QED) is 0.133. The summed E-state index contributed by atoms with van der Waals surface area (Å²) in [7, 11) is 0. The van der Waals surface area contributed by atoms with Gasteiger partial charge in [-0.15, -0.1) is 0 Å². The van der Waals surface area contributed by atoms with Crippen LogP contribution in [0.5, 0.6) is 0 Å². The van der Waals surface area contributed by atoms with Crippen molar-refractivity contribution in [1.29, 1.82) is 0 Å². The average molecular weight is 935 g/mol. The van der Waals surface area contributed by atoms with Crippen molar-refractivity contribution >= 4 is 55.3 Å². The van der Waals surface area contributed by atoms with E-state index in [9.17, 15) is 0 Å². The number of benzene rings is 10. The van der Waals surface area contributed by atoms with E-state index in [1.807, 2.05) is 0 Å². The first-order chi connectivity index (χ1) is 36.1. The van der Waals surface area contributed by atoms with Crippen molar-refractivity contribution in [2.24, 2.45) is 5.92 Å². The molecule has 1 aromatic heterocycles. The first-order valence-corrected chi connectivity index (χ1v) is 25.7. The lowest BCUT2D eigenvalue weighted by molar-refractivity contribution is 0.730. The summed E-state index contributed by atoms with van der Waals surface area (Å²) in [5, 5.41) is 5.04. The van der Waals surface area contributed by atoms with Crippen LogP contribution in [-0.2, 0) is 0 Å². The van der Waals surface area contributed by atoms with Gasteiger partial charge in [0.1, 0.15) is 0 Å². The largest absolute Gasteiger partial charge is 0.312 e. The van der Waals surface area contributed by atoms with Crippen molar-refractivity contribution < 1.29 is 0 Å². The zero-order valence-electron chi connectivity index (χ0n) is 40.9. The Balaban J connectivity index is 0.946. The third kappa shape index (κ3) is 8.41. The molecule has 2 unspecified atom stereocenters. The number of allylic oxidation sites excluding steroid dienone is 8. The highest BCUT2D eigenvalue weighted by atomic mass is 15.1. The summed E-state index contributed by atoms with van der Waals surface area (Å²) in [5.41, 5.74) is 20.4. The molecule has 2 heteroatoms. The third-order valence-corrected chi connectivity index (χ3v) is 15.0. The molecule has 0 fully saturated rings. The highest BCUT2D eigenvalue weighted by Crippen LogP contribution is 2.46. The molecule has 11 aromatic rings. The molecular weight excluding hydrogens is 881 g/mol. The van der Waals surface area contributed by atoms with Crippen molar-refractivity contribution in [3.05, 3.63) is 279 Å². The predicted molar refractivity (Wildman–Crippen MR) is 312 cm³/mol. The molecule has 0 N–H and O–H groups in total. The molecule has 0 saturated heterocycles. The molecule has 2 aliphatic carbocycles. The Morgan fingerprint density at radius 1 is 0.425 bits per heavy atom. The average Bonchev–Trinajstić information content (AvgIpc) is 3.82. The number of hydrogen-bond donors (Lipinski definition) is 0. The first-order valence-electron chi connectivity index (χ1n) is 25.7. The zero-order chi connectivity index (χ0) is 48.7. The van der Waals surface area contributed by atoms with Crippen LogP contribution in [0.25, 0.3) is 93.9 Å². The fourth-order valence-electron chi connectivity index (χ4n) is 11.4. The second-order valence-corrected chi connectivity index (χ2v) is 19.7. The molecule has 10 aromatic carbocycles. The maximum atomic E-state index is 2.55. The van der Waals surface area contributed by atoms with E-state index in [1.165, 1.54) is 99.5 Å². The maximum absolute atomic E-state index is 2.55. The molecule has 0 bridgehead atoms. The molecule has 0 aliphatic heterocycles. The van der Waals surface area contributed by atoms with Gasteiger partial charge in [0.15, 0.2) is 0 Å². The summed E-state index contributed by atoms with van der Waals surface area (Å²) in [4.78, 5) is 2.42. The normalized spacial score (nSPS) is 15.3. The van der Waals surface area contributed by atoms with Gasteiger partial charge in [0, 0.05) is 44.8 Å². The van der Waals surface area contributed by atoms with Gasteiger partial charge in [-0.25, -0.2) is 0 Å². The highest BCUT2D eigenvalue weighted by Gasteiger charge is 2.23. The Kier molecular flexibility index (Phi) is 11.4. The zero-order valence-corrected chi connectivity index (χ0v) is 40.9. The summed E-state index contributed by atoms with van der Waals surface area (Å²) >= 11 is 0. The highest BCUT2D eigenvalue weighted by molar-refractivity contribution is 6.24. The van der Waals surface area contributed by atoms with Crippen LogP contribution in [0.4, 0.5) is 17.1 Å². The lowest BCUT2D eigenvalue weighted by Crippen LogP contribution is -2.10. The van der Waals surface area contributed by atoms with E-state index in [0.29, 0.717) is 11.8 Å². The van der Waals surface area contributed by atoms with E-state index >= 15 is 0 Å². The van der Waals surface area contributed by atoms with Gasteiger partial charge < -0.3 is 9.47 Å². The topological polar surface area (TPSA) is 8.17 Å². The first kappa shape index (κ1) is 44.0. The van der Waals surface area contributed by atoms with Crippen LogP contribution >= 0.6 is 0 Å². The van der Waals surface area contributed by atoms with E-state index in [-0.39, 0.29) is 0 Å². The number of hydrogen-bond acceptors (Lipinski definition) is 1. The number of aromatic nitrogens is 1. The van der Waals surface area contributed by atoms with Crippen LogP contribution in [0.3, 0.4) is 0 Å². The van der Waals surface area contributed by atoms with Crippen LogP contribution < -0.4 is 4.90 Å². The Morgan fingerprint density at radius 3 is 1.62 bits per heavy atom. The van der Waals surface area contributed by atoms with Gasteiger partial charge in [-0.1, -0.05) is 207 Å². The minimum absolute atomic E-state index is 0.427. The Bertz CT molecular complexity index is 3890. The molecule has 73 heavy (non-hydrogen) atoms. The number of fused-ring (bicyclic) bond motifs is 5. The molecule has 2 nitrogen and oxygen atoms in total. The molecule has 0 amide bonds. The van der Waals surface area contributed by atoms with E-state index in [1.54, 1.807) is 0 Å². The molecule has 2 atom stereocenters. The van der Waals surface area contributed by atoms with Gasteiger partial charge in [0.05, 0.1) is 11.0 Å². The summed E-state index contributed by atoms with van der Waals surface area (Å²) in [6, 6.07) is 85.3. The lowest BCUT2D eigenvalue weighted by Gasteiger charge is -2.27. The number of rotatable bonds is 10. The Morgan fingerprint density at radius 2 is 0.986 bits per heavy atom. The summed E-state index contributed by atoms with van der Waals surface area (Å²) < 4.78 is 2.55. The van der Waals surface area contributed by atoms with Gasteiger partial charge in [0.2, 0.25) is 0 Å². The number of nitrogens with zero attached hydrogens (tertiary/aromatic N) is 2. The van der Waals surface area contributed by atoms with E-state index < -0.39 is 0 Å². The van der Waals surface area contributed by atoms with E-state index in [2.05, 4.69) is 289 Å². The van der Waals surface area contributed by atoms with Crippen molar-refractivity contribution in [2.45, 2.75) is 25.7 Å². The van der Waals surface area contributed by atoms with Gasteiger partial charge in [-0.2, -0.15) is 0 Å². The third-order valence-electron chi connectivity index (χ3n) is 15.0. The van der Waals surface area contributed by atoms with Crippen molar-refractivity contribution in [1.82, 2.24) is 4.57 Å². The molecule has 1 heterocycles. The smallest absolute Gasteiger partial charge is 0.0622 e. The predicted octanol–water partition coefficient (Wildman–Crippen LogP) is 19.8. The maximum Gasteiger partial charge on any atom is 0.0622 e. The summed E-state index contributed by atoms with van der Waals surface area (Å²) in [6.45, 7) is 2.32. The van der Waals surface area contributed by atoms with Gasteiger partial charge >= 0.3 is 0 Å². The van der Waals surface area contributed by atoms with Crippen molar-refractivity contribution in [2.75, 3.05) is 4.90 Å². The van der Waals surface area contributed by atoms with Gasteiger partial charge in [-0.3, -0.25) is 0 Å². The number of anilines is 3. The molecule has 2 aliphatic rings. The van der Waals surface area contributed by atoms with E-state index in [4.69, 9.17) is 0 Å². The SMILES string of the molecule is CC1C=CC=C(n2c3ccccc3c3c(-c4cccc(N(c5ccc(-c6ccc(C7C=CC=CC7)cc6)cc5)c5ccc(-c6cc(-c7ccccc7)cc(-c7ccccc7)c6)cc5)c4)cc4ccccc4c32)C1. The van der Waals surface area contributed by atoms with Crippen LogP contribution in [0, 0.1) is 5.92 Å². The minimum Gasteiger partial charge on any atom is -0.312 e. The second kappa shape index (κ2) is 19.0. The standard InChI is InChI=1S/C71H54N2/c1-49-17-15-26-64(43-49)73-69-30-14-13-29-67(69)70-68(48-58-24-11-12-28-66(58)71(70)73)57-25-16-27-65(47-57)72(62-39-35-55(36-40-62)54-33-31-53(32-34-54)50-18-5-2-6-19-50)63-41-37-56(38-42-63)61-45-59(51-20-7-3-8-21-51)44-60(46-61)52-22-9-4-10-23-52/h2-18,20-42,44-50H,19,43H2,1H3. The fourth-order valence-corrected chi connectivity index (χ4v) is 11.4. The molecule has 348 valence electrons. The van der Waals surface area contributed by atoms with Crippen LogP contribution in [0.1, 0.15) is 31.2 Å². The Labute approximate surface area is 428 Å². The fraction of sp³-hybridized carbons (Fsp3) is 0.0704. The van der Waals surface area contributed by atoms with Crippen molar-refractivity contribution in [3.63, 3.8) is 0 Å². The number of para-hydroxylation sites is 1.